The van der Waals surface area contributed by atoms with Crippen LogP contribution in [-0.4, -0.2) is 32.7 Å². The van der Waals surface area contributed by atoms with Gasteiger partial charge in [0.1, 0.15) is 0 Å². The molecule has 0 radical (unpaired) electrons. The van der Waals surface area contributed by atoms with Gasteiger partial charge in [0.25, 0.3) is 10.0 Å². The Balaban J connectivity index is 1.68. The van der Waals surface area contributed by atoms with E-state index >= 15 is 0 Å². The molecule has 2 aliphatic rings. The van der Waals surface area contributed by atoms with E-state index in [9.17, 15) is 13.5 Å². The highest BCUT2D eigenvalue weighted by atomic mass is 32.2. The van der Waals surface area contributed by atoms with E-state index in [0.717, 1.165) is 43.0 Å². The largest absolute Gasteiger partial charge is 0.388 e. The van der Waals surface area contributed by atoms with Gasteiger partial charge in [-0.1, -0.05) is 39.8 Å². The maximum atomic E-state index is 13.9. The van der Waals surface area contributed by atoms with Crippen molar-refractivity contribution < 1.29 is 13.5 Å². The highest BCUT2D eigenvalue weighted by Gasteiger charge is 2.33. The molecule has 4 rings (SSSR count). The zero-order valence-electron chi connectivity index (χ0n) is 21.1. The summed E-state index contributed by atoms with van der Waals surface area (Å²) < 4.78 is 29.3. The van der Waals surface area contributed by atoms with E-state index in [-0.39, 0.29) is 10.8 Å². The number of anilines is 2. The molecule has 2 aromatic rings. The lowest BCUT2D eigenvalue weighted by Gasteiger charge is -2.42. The molecule has 1 aliphatic carbocycles. The van der Waals surface area contributed by atoms with Gasteiger partial charge in [-0.05, 0) is 86.3 Å². The average Bonchev–Trinajstić information content (AvgIpc) is 2.83. The second-order valence-corrected chi connectivity index (χ2v) is 12.4. The van der Waals surface area contributed by atoms with Crippen LogP contribution in [0.5, 0.6) is 0 Å². The molecule has 2 aromatic carbocycles. The van der Waals surface area contributed by atoms with Gasteiger partial charge in [0.15, 0.2) is 0 Å². The lowest BCUT2D eigenvalue weighted by Crippen LogP contribution is -2.42. The zero-order chi connectivity index (χ0) is 24.5. The second kappa shape index (κ2) is 10.3. The molecule has 1 saturated carbocycles. The zero-order valence-corrected chi connectivity index (χ0v) is 21.9. The lowest BCUT2D eigenvalue weighted by molar-refractivity contribution is 0.160. The molecule has 0 bridgehead atoms. The molecule has 1 heterocycles. The van der Waals surface area contributed by atoms with E-state index < -0.39 is 16.1 Å². The van der Waals surface area contributed by atoms with Gasteiger partial charge in [-0.25, -0.2) is 8.42 Å². The first-order chi connectivity index (χ1) is 16.2. The Morgan fingerprint density at radius 3 is 2.32 bits per heavy atom. The summed E-state index contributed by atoms with van der Waals surface area (Å²) >= 11 is 0. The first kappa shape index (κ1) is 25.1. The van der Waals surface area contributed by atoms with E-state index in [0.29, 0.717) is 24.7 Å². The van der Waals surface area contributed by atoms with Crippen molar-refractivity contribution >= 4 is 21.4 Å². The Morgan fingerprint density at radius 2 is 1.71 bits per heavy atom. The first-order valence-electron chi connectivity index (χ1n) is 12.9. The van der Waals surface area contributed by atoms with Crippen molar-refractivity contribution in [1.82, 2.24) is 0 Å². The molecule has 34 heavy (non-hydrogen) atoms. The molecule has 5 nitrogen and oxygen atoms in total. The fraction of sp³-hybridized carbons (Fsp3) is 0.571. The number of aryl methyl sites for hydroxylation is 1. The Morgan fingerprint density at radius 1 is 1.03 bits per heavy atom. The van der Waals surface area contributed by atoms with Crippen LogP contribution in [0.3, 0.4) is 0 Å². The number of hydrogen-bond donors (Lipinski definition) is 1. The van der Waals surface area contributed by atoms with Crippen molar-refractivity contribution in [2.75, 3.05) is 22.3 Å². The normalized spacial score (nSPS) is 23.1. The minimum atomic E-state index is -3.77. The lowest BCUT2D eigenvalue weighted by atomic mass is 9.85. The molecule has 1 aliphatic heterocycles. The summed E-state index contributed by atoms with van der Waals surface area (Å²) in [5, 5.41) is 10.8. The van der Waals surface area contributed by atoms with Crippen LogP contribution >= 0.6 is 0 Å². The van der Waals surface area contributed by atoms with Crippen molar-refractivity contribution in [3.63, 3.8) is 0 Å². The fourth-order valence-electron chi connectivity index (χ4n) is 5.39. The van der Waals surface area contributed by atoms with Gasteiger partial charge in [-0.15, -0.1) is 0 Å². The molecule has 6 heteroatoms. The summed E-state index contributed by atoms with van der Waals surface area (Å²) in [5.74, 6) is 0.949. The van der Waals surface area contributed by atoms with Crippen LogP contribution in [0.25, 0.3) is 0 Å². The van der Waals surface area contributed by atoms with E-state index in [1.807, 2.05) is 44.2 Å². The Bertz CT molecular complexity index is 1070. The maximum Gasteiger partial charge on any atom is 0.264 e. The monoisotopic (exact) mass is 484 g/mol. The van der Waals surface area contributed by atoms with Gasteiger partial charge < -0.3 is 10.0 Å². The predicted octanol–water partition coefficient (Wildman–Crippen LogP) is 5.92. The van der Waals surface area contributed by atoms with Gasteiger partial charge in [-0.3, -0.25) is 4.31 Å². The molecule has 0 amide bonds. The van der Waals surface area contributed by atoms with E-state index in [2.05, 4.69) is 18.7 Å². The number of fused-ring (bicyclic) bond motifs is 1. The summed E-state index contributed by atoms with van der Waals surface area (Å²) in [5.41, 5.74) is 3.61. The second-order valence-electron chi connectivity index (χ2n) is 10.6. The molecular weight excluding hydrogens is 444 g/mol. The van der Waals surface area contributed by atoms with E-state index in [1.165, 1.54) is 22.7 Å². The third-order valence-electron chi connectivity index (χ3n) is 7.49. The minimum absolute atomic E-state index is 0.174. The topological polar surface area (TPSA) is 60.9 Å². The molecule has 0 saturated heterocycles. The Hall–Kier alpha value is -2.05. The molecule has 1 N–H and O–H groups in total. The van der Waals surface area contributed by atoms with Crippen LogP contribution in [0.2, 0.25) is 0 Å². The smallest absolute Gasteiger partial charge is 0.264 e. The number of benzene rings is 2. The van der Waals surface area contributed by atoms with Crippen molar-refractivity contribution in [2.24, 2.45) is 11.8 Å². The Labute approximate surface area is 205 Å². The fourth-order valence-corrected chi connectivity index (χ4v) is 7.06. The third-order valence-corrected chi connectivity index (χ3v) is 9.28. The van der Waals surface area contributed by atoms with Crippen molar-refractivity contribution in [2.45, 2.75) is 83.3 Å². The standard InChI is InChI=1S/C28H40N2O3S/c1-5-22-8-12-24(13-9-22)30(19-20(2)3)34(32,33)25-14-15-27-26(18-25)28(31)16-17-29(27)23-10-6-21(4)7-11-23/h8-9,12-15,18,20-21,23,28,31H,5-7,10-11,16-17,19H2,1-4H3. The summed E-state index contributed by atoms with van der Waals surface area (Å²) in [4.78, 5) is 2.67. The molecule has 0 aromatic heterocycles. The maximum absolute atomic E-state index is 13.9. The summed E-state index contributed by atoms with van der Waals surface area (Å²) in [6.45, 7) is 9.69. The van der Waals surface area contributed by atoms with Crippen LogP contribution in [0, 0.1) is 11.8 Å². The molecule has 0 spiro atoms. The molecule has 1 fully saturated rings. The van der Waals surface area contributed by atoms with Gasteiger partial charge in [-0.2, -0.15) is 0 Å². The van der Waals surface area contributed by atoms with Crippen LogP contribution in [0.4, 0.5) is 11.4 Å². The van der Waals surface area contributed by atoms with Gasteiger partial charge in [0.05, 0.1) is 16.7 Å². The van der Waals surface area contributed by atoms with Gasteiger partial charge in [0.2, 0.25) is 0 Å². The molecule has 1 unspecified atom stereocenters. The highest BCUT2D eigenvalue weighted by molar-refractivity contribution is 7.92. The van der Waals surface area contributed by atoms with Crippen LogP contribution in [-0.2, 0) is 16.4 Å². The summed E-state index contributed by atoms with van der Waals surface area (Å²) in [6.07, 6.45) is 5.69. The number of hydrogen-bond acceptors (Lipinski definition) is 4. The van der Waals surface area contributed by atoms with Gasteiger partial charge in [0, 0.05) is 30.4 Å². The number of nitrogens with zero attached hydrogens (tertiary/aromatic N) is 2. The molecule has 1 atom stereocenters. The SMILES string of the molecule is CCc1ccc(N(CC(C)C)S(=O)(=O)c2ccc3c(c2)C(O)CCN3C2CCC(C)CC2)cc1. The minimum Gasteiger partial charge on any atom is -0.388 e. The van der Waals surface area contributed by atoms with Gasteiger partial charge >= 0.3 is 0 Å². The quantitative estimate of drug-likeness (QED) is 0.530. The van der Waals surface area contributed by atoms with Crippen molar-refractivity contribution in [3.8, 4) is 0 Å². The van der Waals surface area contributed by atoms with E-state index in [1.54, 1.807) is 12.1 Å². The first-order valence-corrected chi connectivity index (χ1v) is 14.3. The summed E-state index contributed by atoms with van der Waals surface area (Å²) in [7, 11) is -3.77. The van der Waals surface area contributed by atoms with Crippen molar-refractivity contribution in [3.05, 3.63) is 53.6 Å². The molecular formula is C28H40N2O3S. The van der Waals surface area contributed by atoms with E-state index in [4.69, 9.17) is 0 Å². The van der Waals surface area contributed by atoms with Crippen molar-refractivity contribution in [1.29, 1.82) is 0 Å². The number of sulfonamides is 1. The van der Waals surface area contributed by atoms with Crippen LogP contribution in [0.15, 0.2) is 47.4 Å². The third kappa shape index (κ3) is 5.13. The predicted molar refractivity (Wildman–Crippen MR) is 140 cm³/mol. The number of rotatable bonds is 7. The highest BCUT2D eigenvalue weighted by Crippen LogP contribution is 2.40. The average molecular weight is 485 g/mol. The number of aliphatic hydroxyl groups is 1. The molecule has 186 valence electrons. The van der Waals surface area contributed by atoms with Crippen LogP contribution < -0.4 is 9.21 Å². The summed E-state index contributed by atoms with van der Waals surface area (Å²) in [6, 6.07) is 13.7. The Kier molecular flexibility index (Phi) is 7.58. The van der Waals surface area contributed by atoms with Crippen LogP contribution in [0.1, 0.15) is 77.0 Å². The number of aliphatic hydroxyl groups excluding tert-OH is 1.